The van der Waals surface area contributed by atoms with Gasteiger partial charge in [-0.15, -0.1) is 5.10 Å². The number of aryl methyl sites for hydroxylation is 1. The molecule has 1 atom stereocenters. The van der Waals surface area contributed by atoms with Crippen LogP contribution < -0.4 is 0 Å². The van der Waals surface area contributed by atoms with Gasteiger partial charge in [0.1, 0.15) is 0 Å². The van der Waals surface area contributed by atoms with E-state index in [0.717, 1.165) is 32.4 Å². The molecule has 0 aliphatic carbocycles. The molecule has 0 bridgehead atoms. The van der Waals surface area contributed by atoms with Crippen molar-refractivity contribution in [1.82, 2.24) is 19.9 Å². The van der Waals surface area contributed by atoms with Crippen molar-refractivity contribution >= 4 is 5.91 Å². The van der Waals surface area contributed by atoms with E-state index in [4.69, 9.17) is 0 Å². The van der Waals surface area contributed by atoms with Crippen molar-refractivity contribution in [1.29, 1.82) is 0 Å². The fraction of sp³-hybridized carbons (Fsp3) is 0.348. The summed E-state index contributed by atoms with van der Waals surface area (Å²) in [7, 11) is 0. The molecule has 3 aromatic rings. The minimum Gasteiger partial charge on any atom is -0.337 e. The average Bonchev–Trinajstić information content (AvgIpc) is 3.05. The topological polar surface area (TPSA) is 51.0 Å². The second kappa shape index (κ2) is 8.38. The molecule has 5 heteroatoms. The quantitative estimate of drug-likeness (QED) is 0.692. The Morgan fingerprint density at radius 1 is 1.04 bits per heavy atom. The van der Waals surface area contributed by atoms with Gasteiger partial charge in [-0.2, -0.15) is 0 Å². The summed E-state index contributed by atoms with van der Waals surface area (Å²) in [5.41, 5.74) is 4.21. The molecule has 28 heavy (non-hydrogen) atoms. The summed E-state index contributed by atoms with van der Waals surface area (Å²) < 4.78 is 1.75. The van der Waals surface area contributed by atoms with E-state index < -0.39 is 0 Å². The molecule has 1 fully saturated rings. The molecule has 1 aliphatic rings. The van der Waals surface area contributed by atoms with Crippen LogP contribution in [0.3, 0.4) is 0 Å². The minimum absolute atomic E-state index is 0.00950. The highest BCUT2D eigenvalue weighted by Crippen LogP contribution is 2.28. The first kappa shape index (κ1) is 18.4. The zero-order chi connectivity index (χ0) is 19.3. The van der Waals surface area contributed by atoms with Crippen LogP contribution in [0.25, 0.3) is 0 Å². The van der Waals surface area contributed by atoms with Crippen molar-refractivity contribution in [3.63, 3.8) is 0 Å². The van der Waals surface area contributed by atoms with Gasteiger partial charge in [-0.05, 0) is 48.8 Å². The van der Waals surface area contributed by atoms with Crippen molar-refractivity contribution in [2.24, 2.45) is 0 Å². The first-order valence-corrected chi connectivity index (χ1v) is 9.99. The van der Waals surface area contributed by atoms with Crippen LogP contribution in [0.5, 0.6) is 0 Å². The van der Waals surface area contributed by atoms with Gasteiger partial charge in [0.2, 0.25) is 0 Å². The number of hydrogen-bond acceptors (Lipinski definition) is 3. The second-order valence-corrected chi connectivity index (χ2v) is 7.56. The van der Waals surface area contributed by atoms with Crippen molar-refractivity contribution < 1.29 is 4.79 Å². The number of hydrogen-bond donors (Lipinski definition) is 0. The Labute approximate surface area is 166 Å². The first-order chi connectivity index (χ1) is 13.7. The summed E-state index contributed by atoms with van der Waals surface area (Å²) >= 11 is 0. The maximum absolute atomic E-state index is 12.9. The highest BCUT2D eigenvalue weighted by atomic mass is 16.2. The molecule has 1 aliphatic heterocycles. The molecule has 4 rings (SSSR count). The molecular weight excluding hydrogens is 348 g/mol. The van der Waals surface area contributed by atoms with Gasteiger partial charge in [-0.1, -0.05) is 59.8 Å². The SMILES string of the molecule is Cc1ccccc1Cn1cc(C(=O)N2CCC[C@H](c3ccccc3)CC2)nn1. The maximum atomic E-state index is 12.9. The molecule has 0 spiro atoms. The molecular formula is C23H26N4O. The van der Waals surface area contributed by atoms with Gasteiger partial charge in [-0.25, -0.2) is 4.68 Å². The molecule has 0 unspecified atom stereocenters. The fourth-order valence-electron chi connectivity index (χ4n) is 3.96. The number of amides is 1. The summed E-state index contributed by atoms with van der Waals surface area (Å²) in [6.45, 7) is 4.26. The maximum Gasteiger partial charge on any atom is 0.276 e. The predicted octanol–water partition coefficient (Wildman–Crippen LogP) is 4.04. The van der Waals surface area contributed by atoms with Crippen molar-refractivity contribution in [3.8, 4) is 0 Å². The van der Waals surface area contributed by atoms with E-state index in [1.54, 1.807) is 10.9 Å². The number of carbonyl (C=O) groups excluding carboxylic acids is 1. The van der Waals surface area contributed by atoms with Crippen LogP contribution in [-0.4, -0.2) is 38.9 Å². The van der Waals surface area contributed by atoms with E-state index in [-0.39, 0.29) is 5.91 Å². The summed E-state index contributed by atoms with van der Waals surface area (Å²) in [5, 5.41) is 8.32. The van der Waals surface area contributed by atoms with Crippen LogP contribution in [0.2, 0.25) is 0 Å². The molecule has 2 heterocycles. The van der Waals surface area contributed by atoms with Gasteiger partial charge in [-0.3, -0.25) is 4.79 Å². The largest absolute Gasteiger partial charge is 0.337 e. The van der Waals surface area contributed by atoms with E-state index in [1.807, 2.05) is 17.0 Å². The molecule has 5 nitrogen and oxygen atoms in total. The number of benzene rings is 2. The van der Waals surface area contributed by atoms with E-state index >= 15 is 0 Å². The van der Waals surface area contributed by atoms with Gasteiger partial charge in [0, 0.05) is 13.1 Å². The summed E-state index contributed by atoms with van der Waals surface area (Å²) in [6, 6.07) is 18.8. The number of likely N-dealkylation sites (tertiary alicyclic amines) is 1. The van der Waals surface area contributed by atoms with Gasteiger partial charge < -0.3 is 4.90 Å². The Balaban J connectivity index is 1.41. The predicted molar refractivity (Wildman–Crippen MR) is 109 cm³/mol. The zero-order valence-corrected chi connectivity index (χ0v) is 16.3. The third-order valence-corrected chi connectivity index (χ3v) is 5.64. The molecule has 2 aromatic carbocycles. The van der Waals surface area contributed by atoms with Crippen molar-refractivity contribution in [2.45, 2.75) is 38.6 Å². The summed E-state index contributed by atoms with van der Waals surface area (Å²) in [6.07, 6.45) is 4.90. The average molecular weight is 374 g/mol. The van der Waals surface area contributed by atoms with E-state index in [2.05, 4.69) is 59.7 Å². The highest BCUT2D eigenvalue weighted by molar-refractivity contribution is 5.91. The normalized spacial score (nSPS) is 17.3. The van der Waals surface area contributed by atoms with Crippen LogP contribution in [0.1, 0.15) is 52.4 Å². The zero-order valence-electron chi connectivity index (χ0n) is 16.3. The number of aromatic nitrogens is 3. The van der Waals surface area contributed by atoms with E-state index in [9.17, 15) is 4.79 Å². The molecule has 0 saturated carbocycles. The lowest BCUT2D eigenvalue weighted by atomic mass is 9.92. The van der Waals surface area contributed by atoms with Crippen LogP contribution in [0.4, 0.5) is 0 Å². The third kappa shape index (κ3) is 4.14. The Morgan fingerprint density at radius 3 is 2.64 bits per heavy atom. The monoisotopic (exact) mass is 374 g/mol. The Morgan fingerprint density at radius 2 is 1.82 bits per heavy atom. The van der Waals surface area contributed by atoms with Crippen LogP contribution in [0.15, 0.2) is 60.8 Å². The lowest BCUT2D eigenvalue weighted by Crippen LogP contribution is -2.32. The van der Waals surface area contributed by atoms with Crippen molar-refractivity contribution in [3.05, 3.63) is 83.2 Å². The number of carbonyl (C=O) groups is 1. The smallest absolute Gasteiger partial charge is 0.276 e. The van der Waals surface area contributed by atoms with Gasteiger partial charge in [0.05, 0.1) is 12.7 Å². The molecule has 1 aromatic heterocycles. The number of rotatable bonds is 4. The molecule has 1 saturated heterocycles. The fourth-order valence-corrected chi connectivity index (χ4v) is 3.96. The van der Waals surface area contributed by atoms with Gasteiger partial charge in [0.25, 0.3) is 5.91 Å². The van der Waals surface area contributed by atoms with E-state index in [1.165, 1.54) is 16.7 Å². The molecule has 0 N–H and O–H groups in total. The van der Waals surface area contributed by atoms with Crippen molar-refractivity contribution in [2.75, 3.05) is 13.1 Å². The molecule has 0 radical (unpaired) electrons. The molecule has 1 amide bonds. The van der Waals surface area contributed by atoms with Gasteiger partial charge in [0.15, 0.2) is 5.69 Å². The first-order valence-electron chi connectivity index (χ1n) is 9.99. The van der Waals surface area contributed by atoms with Crippen LogP contribution >= 0.6 is 0 Å². The summed E-state index contributed by atoms with van der Waals surface area (Å²) in [4.78, 5) is 14.9. The highest BCUT2D eigenvalue weighted by Gasteiger charge is 2.24. The minimum atomic E-state index is -0.00950. The number of nitrogens with zero attached hydrogens (tertiary/aromatic N) is 4. The lowest BCUT2D eigenvalue weighted by Gasteiger charge is -2.19. The Kier molecular flexibility index (Phi) is 5.51. The van der Waals surface area contributed by atoms with Crippen LogP contribution in [-0.2, 0) is 6.54 Å². The molecule has 144 valence electrons. The second-order valence-electron chi connectivity index (χ2n) is 7.56. The Hall–Kier alpha value is -2.95. The van der Waals surface area contributed by atoms with Gasteiger partial charge >= 0.3 is 0 Å². The standard InChI is InChI=1S/C23H26N4O/c1-18-8-5-6-11-21(18)16-27-17-22(24-25-27)23(28)26-14-7-12-20(13-15-26)19-9-3-2-4-10-19/h2-6,8-11,17,20H,7,12-16H2,1H3/t20-/m0/s1. The third-order valence-electron chi connectivity index (χ3n) is 5.64. The Bertz CT molecular complexity index is 935. The summed E-state index contributed by atoms with van der Waals surface area (Å²) in [5.74, 6) is 0.514. The van der Waals surface area contributed by atoms with E-state index in [0.29, 0.717) is 18.2 Å². The lowest BCUT2D eigenvalue weighted by molar-refractivity contribution is 0.0755. The van der Waals surface area contributed by atoms with Crippen LogP contribution in [0, 0.1) is 6.92 Å².